The van der Waals surface area contributed by atoms with Crippen LogP contribution < -0.4 is 5.32 Å². The first-order valence-corrected chi connectivity index (χ1v) is 12.7. The molecule has 0 radical (unpaired) electrons. The lowest BCUT2D eigenvalue weighted by molar-refractivity contribution is -0.133. The zero-order valence-electron chi connectivity index (χ0n) is 21.2. The number of hydrogen-bond acceptors (Lipinski definition) is 2. The Balaban J connectivity index is 1.71. The normalized spacial score (nSPS) is 29.3. The largest absolute Gasteiger partial charge is 0.478 e. The lowest BCUT2D eigenvalue weighted by Crippen LogP contribution is -2.64. The average molecular weight is 485 g/mol. The highest BCUT2D eigenvalue weighted by Crippen LogP contribution is 2.50. The van der Waals surface area contributed by atoms with Crippen molar-refractivity contribution < 1.29 is 14.7 Å². The van der Waals surface area contributed by atoms with Gasteiger partial charge in [0.15, 0.2) is 0 Å². The van der Waals surface area contributed by atoms with E-state index >= 15 is 0 Å². The molecule has 0 spiro atoms. The van der Waals surface area contributed by atoms with E-state index in [4.69, 9.17) is 11.6 Å². The van der Waals surface area contributed by atoms with Crippen LogP contribution in [0.25, 0.3) is 0 Å². The van der Waals surface area contributed by atoms with E-state index in [2.05, 4.69) is 45.1 Å². The summed E-state index contributed by atoms with van der Waals surface area (Å²) in [6.07, 6.45) is 7.04. The minimum absolute atomic E-state index is 0.183. The van der Waals surface area contributed by atoms with Crippen LogP contribution in [-0.4, -0.2) is 27.5 Å². The highest BCUT2D eigenvalue weighted by Gasteiger charge is 2.52. The van der Waals surface area contributed by atoms with Crippen molar-refractivity contribution >= 4 is 23.6 Å². The fourth-order valence-corrected chi connectivity index (χ4v) is 5.94. The molecular formula is C28H37ClN2O3. The van der Waals surface area contributed by atoms with Gasteiger partial charge in [-0.3, -0.25) is 4.90 Å². The minimum Gasteiger partial charge on any atom is -0.478 e. The molecule has 34 heavy (non-hydrogen) atoms. The van der Waals surface area contributed by atoms with Crippen LogP contribution >= 0.6 is 11.6 Å². The summed E-state index contributed by atoms with van der Waals surface area (Å²) in [4.78, 5) is 26.7. The number of amides is 2. The first-order valence-electron chi connectivity index (χ1n) is 12.3. The molecular weight excluding hydrogens is 448 g/mol. The predicted molar refractivity (Wildman–Crippen MR) is 136 cm³/mol. The van der Waals surface area contributed by atoms with Gasteiger partial charge >= 0.3 is 12.0 Å². The molecule has 1 aromatic carbocycles. The van der Waals surface area contributed by atoms with Crippen molar-refractivity contribution in [3.8, 4) is 0 Å². The van der Waals surface area contributed by atoms with Crippen LogP contribution in [0.3, 0.4) is 0 Å². The van der Waals surface area contributed by atoms with E-state index in [0.29, 0.717) is 17.9 Å². The SMILES string of the molecule is CC1=C(C(=O)O)CC1(C)N1C=C2CC(C)CC[C@]2(c2ccc(CCC(C)(C)C)c(Cl)c2)NC1=O. The molecule has 1 aromatic rings. The van der Waals surface area contributed by atoms with Gasteiger partial charge in [0.25, 0.3) is 0 Å². The Morgan fingerprint density at radius 2 is 2.03 bits per heavy atom. The van der Waals surface area contributed by atoms with Gasteiger partial charge < -0.3 is 10.4 Å². The van der Waals surface area contributed by atoms with Crippen molar-refractivity contribution in [2.75, 3.05) is 0 Å². The van der Waals surface area contributed by atoms with Crippen LogP contribution in [0.5, 0.6) is 0 Å². The second-order valence-corrected chi connectivity index (χ2v) is 12.3. The Bertz CT molecular complexity index is 1100. The number of aliphatic carboxylic acids is 1. The average Bonchev–Trinajstić information content (AvgIpc) is 2.75. The molecule has 1 fully saturated rings. The molecule has 1 heterocycles. The van der Waals surface area contributed by atoms with Gasteiger partial charge in [-0.15, -0.1) is 0 Å². The Hall–Kier alpha value is -2.27. The number of aryl methyl sites for hydroxylation is 1. The highest BCUT2D eigenvalue weighted by molar-refractivity contribution is 6.31. The number of fused-ring (bicyclic) bond motifs is 1. The van der Waals surface area contributed by atoms with Crippen LogP contribution in [0.15, 0.2) is 41.1 Å². The summed E-state index contributed by atoms with van der Waals surface area (Å²) < 4.78 is 0. The van der Waals surface area contributed by atoms with E-state index < -0.39 is 17.0 Å². The number of rotatable bonds is 5. The van der Waals surface area contributed by atoms with Gasteiger partial charge in [-0.2, -0.15) is 0 Å². The van der Waals surface area contributed by atoms with Crippen molar-refractivity contribution in [1.29, 1.82) is 0 Å². The third kappa shape index (κ3) is 4.17. The Morgan fingerprint density at radius 1 is 1.32 bits per heavy atom. The molecule has 3 aliphatic rings. The Morgan fingerprint density at radius 3 is 2.62 bits per heavy atom. The van der Waals surface area contributed by atoms with Crippen LogP contribution in [-0.2, 0) is 16.8 Å². The predicted octanol–water partition coefficient (Wildman–Crippen LogP) is 6.81. The maximum atomic E-state index is 13.5. The van der Waals surface area contributed by atoms with Crippen LogP contribution in [0.2, 0.25) is 5.02 Å². The van der Waals surface area contributed by atoms with Gasteiger partial charge in [0.1, 0.15) is 0 Å². The zero-order valence-corrected chi connectivity index (χ0v) is 22.0. The third-order valence-electron chi connectivity index (χ3n) is 8.21. The third-order valence-corrected chi connectivity index (χ3v) is 8.57. The van der Waals surface area contributed by atoms with E-state index in [9.17, 15) is 14.7 Å². The quantitative estimate of drug-likeness (QED) is 0.482. The summed E-state index contributed by atoms with van der Waals surface area (Å²) in [5.41, 5.74) is 3.53. The Kier molecular flexibility index (Phi) is 6.17. The first-order chi connectivity index (χ1) is 15.8. The smallest absolute Gasteiger partial charge is 0.331 e. The summed E-state index contributed by atoms with van der Waals surface area (Å²) in [7, 11) is 0. The number of carboxylic acid groups (broad SMARTS) is 1. The number of carboxylic acids is 1. The van der Waals surface area contributed by atoms with E-state index in [1.807, 2.05) is 26.1 Å². The fraction of sp³-hybridized carbons (Fsp3) is 0.571. The van der Waals surface area contributed by atoms with Gasteiger partial charge in [-0.25, -0.2) is 9.59 Å². The number of benzene rings is 1. The Labute approximate surface area is 208 Å². The number of urea groups is 1. The summed E-state index contributed by atoms with van der Waals surface area (Å²) in [5.74, 6) is -0.389. The molecule has 6 heteroatoms. The molecule has 0 saturated heterocycles. The summed E-state index contributed by atoms with van der Waals surface area (Å²) in [6.45, 7) is 12.7. The van der Waals surface area contributed by atoms with Crippen LogP contribution in [0, 0.1) is 11.3 Å². The van der Waals surface area contributed by atoms with Gasteiger partial charge in [0.05, 0.1) is 11.1 Å². The summed E-state index contributed by atoms with van der Waals surface area (Å²) >= 11 is 6.76. The molecule has 2 amide bonds. The molecule has 4 rings (SSSR count). The van der Waals surface area contributed by atoms with Gasteiger partial charge in [-0.1, -0.05) is 51.4 Å². The van der Waals surface area contributed by atoms with Crippen molar-refractivity contribution in [3.05, 3.63) is 57.3 Å². The first kappa shape index (κ1) is 24.8. The number of hydrogen-bond donors (Lipinski definition) is 2. The summed E-state index contributed by atoms with van der Waals surface area (Å²) in [5, 5.41) is 13.5. The molecule has 0 bridgehead atoms. The van der Waals surface area contributed by atoms with Crippen molar-refractivity contribution in [1.82, 2.24) is 10.2 Å². The number of carbonyl (C=O) groups excluding carboxylic acids is 1. The standard InChI is InChI=1S/C28H37ClN2O3/c1-17-9-12-28(20-8-7-19(23(29)14-20)10-11-26(3,4)5)21(13-17)16-31(25(34)30-28)27(6)15-22(18(27)2)24(32)33/h7-8,14,16-17H,9-13,15H2,1-6H3,(H,30,34)(H,32,33)/t17?,27?,28-/m1/s1. The molecule has 184 valence electrons. The molecule has 1 saturated carbocycles. The maximum Gasteiger partial charge on any atom is 0.331 e. The monoisotopic (exact) mass is 484 g/mol. The zero-order chi connectivity index (χ0) is 25.1. The lowest BCUT2D eigenvalue weighted by atomic mass is 9.67. The maximum absolute atomic E-state index is 13.5. The van der Waals surface area contributed by atoms with Crippen LogP contribution in [0.1, 0.15) is 84.8 Å². The van der Waals surface area contributed by atoms with Gasteiger partial charge in [0, 0.05) is 23.2 Å². The molecule has 3 atom stereocenters. The van der Waals surface area contributed by atoms with Crippen molar-refractivity contribution in [3.63, 3.8) is 0 Å². The number of carbonyl (C=O) groups is 2. The fourth-order valence-electron chi connectivity index (χ4n) is 5.66. The molecule has 2 aliphatic carbocycles. The highest BCUT2D eigenvalue weighted by atomic mass is 35.5. The van der Waals surface area contributed by atoms with E-state index in [1.54, 1.807) is 4.90 Å². The molecule has 2 unspecified atom stereocenters. The summed E-state index contributed by atoms with van der Waals surface area (Å²) in [6, 6.07) is 6.10. The number of halogens is 1. The molecule has 1 aliphatic heterocycles. The van der Waals surface area contributed by atoms with Crippen molar-refractivity contribution in [2.45, 2.75) is 91.1 Å². The second kappa shape index (κ2) is 8.44. The molecule has 2 N–H and O–H groups in total. The van der Waals surface area contributed by atoms with Crippen molar-refractivity contribution in [2.24, 2.45) is 11.3 Å². The van der Waals surface area contributed by atoms with Gasteiger partial charge in [0.2, 0.25) is 0 Å². The number of nitrogens with one attached hydrogen (secondary N) is 1. The topological polar surface area (TPSA) is 69.6 Å². The van der Waals surface area contributed by atoms with Gasteiger partial charge in [-0.05, 0) is 85.6 Å². The molecule has 0 aromatic heterocycles. The molecule has 5 nitrogen and oxygen atoms in total. The van der Waals surface area contributed by atoms with E-state index in [1.165, 1.54) is 5.57 Å². The minimum atomic E-state index is -0.901. The second-order valence-electron chi connectivity index (χ2n) is 11.9. The van der Waals surface area contributed by atoms with Crippen LogP contribution in [0.4, 0.5) is 4.79 Å². The van der Waals surface area contributed by atoms with E-state index in [-0.39, 0.29) is 11.4 Å². The number of nitrogens with zero attached hydrogens (tertiary/aromatic N) is 1. The van der Waals surface area contributed by atoms with E-state index in [0.717, 1.165) is 53.8 Å². The lowest BCUT2D eigenvalue weighted by Gasteiger charge is -2.53.